The number of carbonyl (C=O) groups is 1. The van der Waals surface area contributed by atoms with Gasteiger partial charge in [0.15, 0.2) is 5.69 Å². The number of rotatable bonds is 8. The van der Waals surface area contributed by atoms with Gasteiger partial charge < -0.3 is 23.6 Å². The predicted octanol–water partition coefficient (Wildman–Crippen LogP) is 5.41. The van der Waals surface area contributed by atoms with Crippen molar-refractivity contribution in [2.24, 2.45) is 0 Å². The highest BCUT2D eigenvalue weighted by Crippen LogP contribution is 2.46. The minimum Gasteiger partial charge on any atom is -0.464 e. The van der Waals surface area contributed by atoms with Crippen LogP contribution in [0.5, 0.6) is 5.75 Å². The minimum absolute atomic E-state index is 0.0440. The number of aromatic nitrogens is 3. The van der Waals surface area contributed by atoms with Crippen LogP contribution in [0.1, 0.15) is 66.3 Å². The summed E-state index contributed by atoms with van der Waals surface area (Å²) >= 11 is 0. The van der Waals surface area contributed by atoms with Crippen molar-refractivity contribution in [3.63, 3.8) is 0 Å². The molecule has 206 valence electrons. The summed E-state index contributed by atoms with van der Waals surface area (Å²) in [5.41, 5.74) is 1.37. The van der Waals surface area contributed by atoms with E-state index in [1.807, 2.05) is 0 Å². The summed E-state index contributed by atoms with van der Waals surface area (Å²) in [6.45, 7) is 0.183. The van der Waals surface area contributed by atoms with Gasteiger partial charge in [0.1, 0.15) is 23.0 Å². The highest BCUT2D eigenvalue weighted by molar-refractivity contribution is 5.86. The molecule has 39 heavy (non-hydrogen) atoms. The lowest BCUT2D eigenvalue weighted by molar-refractivity contribution is -0.274. The van der Waals surface area contributed by atoms with Crippen molar-refractivity contribution in [1.82, 2.24) is 15.1 Å². The summed E-state index contributed by atoms with van der Waals surface area (Å²) in [5.74, 6) is 0.730. The maximum absolute atomic E-state index is 13.1. The van der Waals surface area contributed by atoms with Crippen LogP contribution in [0.2, 0.25) is 0 Å². The molecule has 2 unspecified atom stereocenters. The predicted molar refractivity (Wildman–Crippen MR) is 131 cm³/mol. The molecule has 3 aliphatic rings. The SMILES string of the molecule is COC(=O)c1cnc(N2C3CCC2CC(OCc2c(-c4ccccc4OC(F)(F)F)noc2C2CC2)C3)cn1. The largest absolute Gasteiger partial charge is 0.573 e. The standard InChI is InChI=1S/C27H27F3N4O5/c1-36-26(35)21-12-32-23(13-31-21)34-16-8-9-17(34)11-18(10-16)37-14-20-24(33-39-25(20)15-6-7-15)19-4-2-3-5-22(19)38-27(28,29)30/h2-5,12-13,15-18H,6-11,14H2,1H3. The van der Waals surface area contributed by atoms with Crippen molar-refractivity contribution < 1.29 is 36.7 Å². The number of halogens is 3. The number of esters is 1. The molecule has 2 bridgehead atoms. The number of nitrogens with zero attached hydrogens (tertiary/aromatic N) is 4. The van der Waals surface area contributed by atoms with Gasteiger partial charge >= 0.3 is 12.3 Å². The fourth-order valence-corrected chi connectivity index (χ4v) is 5.72. The molecule has 0 radical (unpaired) electrons. The Bertz CT molecular complexity index is 1330. The summed E-state index contributed by atoms with van der Waals surface area (Å²) in [6, 6.07) is 6.36. The monoisotopic (exact) mass is 544 g/mol. The normalized spacial score (nSPS) is 22.7. The van der Waals surface area contributed by atoms with Gasteiger partial charge in [0.2, 0.25) is 0 Å². The Morgan fingerprint density at radius 1 is 1.08 bits per heavy atom. The molecule has 1 saturated carbocycles. The summed E-state index contributed by atoms with van der Waals surface area (Å²) in [5, 5.41) is 4.16. The Hall–Kier alpha value is -3.67. The number of alkyl halides is 3. The molecule has 2 aliphatic heterocycles. The first-order chi connectivity index (χ1) is 18.8. The van der Waals surface area contributed by atoms with Gasteiger partial charge in [-0.25, -0.2) is 14.8 Å². The number of hydrogen-bond donors (Lipinski definition) is 0. The molecule has 6 rings (SSSR count). The van der Waals surface area contributed by atoms with E-state index in [1.165, 1.54) is 25.4 Å². The van der Waals surface area contributed by atoms with E-state index < -0.39 is 12.3 Å². The van der Waals surface area contributed by atoms with Crippen LogP contribution in [0, 0.1) is 0 Å². The van der Waals surface area contributed by atoms with Crippen LogP contribution in [0.3, 0.4) is 0 Å². The summed E-state index contributed by atoms with van der Waals surface area (Å²) in [7, 11) is 1.30. The molecule has 0 N–H and O–H groups in total. The van der Waals surface area contributed by atoms with Crippen LogP contribution in [0.15, 0.2) is 41.2 Å². The molecule has 4 heterocycles. The highest BCUT2D eigenvalue weighted by atomic mass is 19.4. The second-order valence-corrected chi connectivity index (χ2v) is 10.1. The van der Waals surface area contributed by atoms with Crippen LogP contribution in [0.25, 0.3) is 11.3 Å². The van der Waals surface area contributed by atoms with E-state index in [0.29, 0.717) is 22.8 Å². The maximum Gasteiger partial charge on any atom is 0.573 e. The molecule has 2 aromatic heterocycles. The first kappa shape index (κ1) is 25.6. The van der Waals surface area contributed by atoms with E-state index in [0.717, 1.165) is 38.5 Å². The molecule has 3 fully saturated rings. The Morgan fingerprint density at radius 2 is 1.82 bits per heavy atom. The molecule has 2 atom stereocenters. The van der Waals surface area contributed by atoms with E-state index in [2.05, 4.69) is 24.8 Å². The first-order valence-electron chi connectivity index (χ1n) is 12.9. The topological polar surface area (TPSA) is 99.8 Å². The van der Waals surface area contributed by atoms with E-state index >= 15 is 0 Å². The second kappa shape index (κ2) is 10.1. The van der Waals surface area contributed by atoms with Crippen molar-refractivity contribution in [2.75, 3.05) is 12.0 Å². The number of ether oxygens (including phenoxy) is 3. The fraction of sp³-hybridized carbons (Fsp3) is 0.481. The Kier molecular flexibility index (Phi) is 6.66. The van der Waals surface area contributed by atoms with Crippen LogP contribution in [0.4, 0.5) is 19.0 Å². The van der Waals surface area contributed by atoms with E-state index in [9.17, 15) is 18.0 Å². The highest BCUT2D eigenvalue weighted by Gasteiger charge is 2.42. The molecule has 2 saturated heterocycles. The average Bonchev–Trinajstić information content (AvgIpc) is 3.62. The van der Waals surface area contributed by atoms with Crippen molar-refractivity contribution in [3.8, 4) is 17.0 Å². The number of carbonyl (C=O) groups excluding carboxylic acids is 1. The van der Waals surface area contributed by atoms with Crippen LogP contribution < -0.4 is 9.64 Å². The average molecular weight is 545 g/mol. The van der Waals surface area contributed by atoms with Crippen molar-refractivity contribution in [3.05, 3.63) is 53.7 Å². The Balaban J connectivity index is 1.18. The van der Waals surface area contributed by atoms with Gasteiger partial charge in [-0.2, -0.15) is 0 Å². The number of para-hydroxylation sites is 1. The molecule has 1 aromatic carbocycles. The lowest BCUT2D eigenvalue weighted by Gasteiger charge is -2.39. The van der Waals surface area contributed by atoms with Gasteiger partial charge in [-0.15, -0.1) is 13.2 Å². The third kappa shape index (κ3) is 5.29. The third-order valence-electron chi connectivity index (χ3n) is 7.59. The molecule has 0 amide bonds. The Labute approximate surface area is 222 Å². The number of benzene rings is 1. The number of anilines is 1. The lowest BCUT2D eigenvalue weighted by Crippen LogP contribution is -2.46. The quantitative estimate of drug-likeness (QED) is 0.345. The molecule has 3 aromatic rings. The fourth-order valence-electron chi connectivity index (χ4n) is 5.72. The van der Waals surface area contributed by atoms with Crippen molar-refractivity contribution >= 4 is 11.8 Å². The van der Waals surface area contributed by atoms with Gasteiger partial charge in [0.25, 0.3) is 0 Å². The van der Waals surface area contributed by atoms with Gasteiger partial charge in [-0.3, -0.25) is 0 Å². The number of hydrogen-bond acceptors (Lipinski definition) is 9. The molecule has 1 aliphatic carbocycles. The van der Waals surface area contributed by atoms with E-state index in [4.69, 9.17) is 14.0 Å². The van der Waals surface area contributed by atoms with Gasteiger partial charge in [0.05, 0.1) is 32.2 Å². The van der Waals surface area contributed by atoms with Gasteiger partial charge in [-0.1, -0.05) is 17.3 Å². The van der Waals surface area contributed by atoms with Crippen LogP contribution in [-0.2, 0) is 16.1 Å². The van der Waals surface area contributed by atoms with Gasteiger partial charge in [-0.05, 0) is 50.7 Å². The minimum atomic E-state index is -4.83. The first-order valence-corrected chi connectivity index (χ1v) is 12.9. The number of piperidine rings is 1. The molecular formula is C27H27F3N4O5. The molecule has 12 heteroatoms. The van der Waals surface area contributed by atoms with Gasteiger partial charge in [0, 0.05) is 29.1 Å². The smallest absolute Gasteiger partial charge is 0.464 e. The maximum atomic E-state index is 13.1. The lowest BCUT2D eigenvalue weighted by atomic mass is 9.99. The summed E-state index contributed by atoms with van der Waals surface area (Å²) < 4.78 is 60.2. The summed E-state index contributed by atoms with van der Waals surface area (Å²) in [4.78, 5) is 22.6. The molecular weight excluding hydrogens is 517 g/mol. The van der Waals surface area contributed by atoms with Crippen molar-refractivity contribution in [1.29, 1.82) is 0 Å². The zero-order valence-electron chi connectivity index (χ0n) is 21.2. The number of methoxy groups -OCH3 is 1. The Morgan fingerprint density at radius 3 is 2.46 bits per heavy atom. The third-order valence-corrected chi connectivity index (χ3v) is 7.59. The molecule has 0 spiro atoms. The van der Waals surface area contributed by atoms with Crippen LogP contribution in [-0.4, -0.2) is 52.8 Å². The van der Waals surface area contributed by atoms with Crippen LogP contribution >= 0.6 is 0 Å². The van der Waals surface area contributed by atoms with E-state index in [1.54, 1.807) is 18.3 Å². The van der Waals surface area contributed by atoms with Crippen molar-refractivity contribution in [2.45, 2.75) is 75.6 Å². The second-order valence-electron chi connectivity index (χ2n) is 10.1. The zero-order chi connectivity index (χ0) is 27.1. The zero-order valence-corrected chi connectivity index (χ0v) is 21.2. The number of fused-ring (bicyclic) bond motifs is 2. The molecule has 9 nitrogen and oxygen atoms in total. The summed E-state index contributed by atoms with van der Waals surface area (Å²) in [6.07, 6.45) is 3.55. The van der Waals surface area contributed by atoms with E-state index in [-0.39, 0.29) is 47.7 Å².